The Morgan fingerprint density at radius 1 is 1.25 bits per heavy atom. The van der Waals surface area contributed by atoms with Gasteiger partial charge in [-0.1, -0.05) is 12.8 Å². The molecule has 0 aromatic heterocycles. The molecule has 2 fully saturated rings. The van der Waals surface area contributed by atoms with Gasteiger partial charge >= 0.3 is 0 Å². The van der Waals surface area contributed by atoms with E-state index in [2.05, 4.69) is 11.8 Å². The van der Waals surface area contributed by atoms with Gasteiger partial charge in [0.2, 0.25) is 5.82 Å². The average Bonchev–Trinajstić information content (AvgIpc) is 3.00. The molecule has 1 heterocycles. The van der Waals surface area contributed by atoms with E-state index in [1.807, 2.05) is 0 Å². The van der Waals surface area contributed by atoms with E-state index in [0.29, 0.717) is 17.1 Å². The number of rotatable bonds is 2. The van der Waals surface area contributed by atoms with Gasteiger partial charge in [0.15, 0.2) is 11.6 Å². The number of benzene rings is 1. The summed E-state index contributed by atoms with van der Waals surface area (Å²) in [5.41, 5.74) is 1.05. The summed E-state index contributed by atoms with van der Waals surface area (Å²) in [5, 5.41) is 0. The second-order valence-corrected chi connectivity index (χ2v) is 6.30. The first kappa shape index (κ1) is 13.7. The van der Waals surface area contributed by atoms with E-state index < -0.39 is 11.6 Å². The summed E-state index contributed by atoms with van der Waals surface area (Å²) in [6.07, 6.45) is 6.21. The fraction of sp³-hybridized carbons (Fsp3) is 0.625. The van der Waals surface area contributed by atoms with Crippen molar-refractivity contribution in [2.75, 3.05) is 18.6 Å². The molecule has 1 aromatic carbocycles. The number of methoxy groups -OCH3 is 1. The minimum Gasteiger partial charge on any atom is -0.491 e. The van der Waals surface area contributed by atoms with Gasteiger partial charge in [-0.3, -0.25) is 0 Å². The molecule has 0 amide bonds. The third-order valence-electron chi connectivity index (χ3n) is 4.97. The molecule has 1 saturated carbocycles. The Labute approximate surface area is 118 Å². The van der Waals surface area contributed by atoms with Crippen molar-refractivity contribution in [3.8, 4) is 5.75 Å². The summed E-state index contributed by atoms with van der Waals surface area (Å²) in [6.45, 7) is 3.09. The van der Waals surface area contributed by atoms with Crippen LogP contribution in [0, 0.1) is 17.0 Å². The first-order chi connectivity index (χ1) is 9.56. The summed E-state index contributed by atoms with van der Waals surface area (Å²) in [4.78, 5) is 2.19. The van der Waals surface area contributed by atoms with Crippen molar-refractivity contribution in [1.82, 2.24) is 0 Å². The van der Waals surface area contributed by atoms with Crippen LogP contribution < -0.4 is 9.64 Å². The zero-order valence-electron chi connectivity index (χ0n) is 12.1. The van der Waals surface area contributed by atoms with Gasteiger partial charge in [0.1, 0.15) is 0 Å². The third kappa shape index (κ3) is 2.05. The van der Waals surface area contributed by atoms with Crippen LogP contribution in [0.1, 0.15) is 39.0 Å². The molecule has 3 rings (SSSR count). The van der Waals surface area contributed by atoms with Crippen LogP contribution in [0.2, 0.25) is 0 Å². The number of ether oxygens (including phenoxy) is 1. The van der Waals surface area contributed by atoms with Gasteiger partial charge in [0.25, 0.3) is 0 Å². The van der Waals surface area contributed by atoms with Crippen LogP contribution in [-0.4, -0.2) is 19.7 Å². The molecule has 1 saturated heterocycles. The van der Waals surface area contributed by atoms with Crippen LogP contribution in [0.3, 0.4) is 0 Å². The molecule has 1 spiro atoms. The first-order valence-corrected chi connectivity index (χ1v) is 7.35. The van der Waals surface area contributed by atoms with E-state index in [1.54, 1.807) is 6.07 Å². The normalized spacial score (nSPS) is 24.6. The maximum atomic E-state index is 13.9. The molecule has 0 N–H and O–H groups in total. The average molecular weight is 281 g/mol. The van der Waals surface area contributed by atoms with E-state index in [4.69, 9.17) is 4.74 Å². The Bertz CT molecular complexity index is 511. The number of halogens is 2. The van der Waals surface area contributed by atoms with Crippen molar-refractivity contribution >= 4 is 5.69 Å². The van der Waals surface area contributed by atoms with Crippen LogP contribution in [0.4, 0.5) is 14.5 Å². The monoisotopic (exact) mass is 281 g/mol. The van der Waals surface area contributed by atoms with Gasteiger partial charge in [-0.15, -0.1) is 0 Å². The van der Waals surface area contributed by atoms with Gasteiger partial charge in [0, 0.05) is 12.6 Å². The Balaban J connectivity index is 1.95. The second kappa shape index (κ2) is 4.90. The molecule has 1 atom stereocenters. The van der Waals surface area contributed by atoms with E-state index in [9.17, 15) is 8.78 Å². The quantitative estimate of drug-likeness (QED) is 0.808. The molecule has 1 aliphatic carbocycles. The lowest BCUT2D eigenvalue weighted by molar-refractivity contribution is 0.331. The van der Waals surface area contributed by atoms with Crippen LogP contribution >= 0.6 is 0 Å². The lowest BCUT2D eigenvalue weighted by atomic mass is 9.84. The topological polar surface area (TPSA) is 12.5 Å². The molecule has 0 bridgehead atoms. The van der Waals surface area contributed by atoms with Crippen molar-refractivity contribution in [2.45, 2.75) is 45.1 Å². The molecule has 0 radical (unpaired) electrons. The SMILES string of the molecule is COc1c(N2CC3(CCCC3)CC2C)ccc(F)c1F. The van der Waals surface area contributed by atoms with Gasteiger partial charge in [-0.25, -0.2) is 4.39 Å². The molecule has 2 aliphatic rings. The zero-order valence-corrected chi connectivity index (χ0v) is 12.1. The van der Waals surface area contributed by atoms with E-state index in [-0.39, 0.29) is 5.75 Å². The predicted molar refractivity (Wildman–Crippen MR) is 75.2 cm³/mol. The highest BCUT2D eigenvalue weighted by Crippen LogP contribution is 2.50. The summed E-state index contributed by atoms with van der Waals surface area (Å²) in [7, 11) is 1.40. The van der Waals surface area contributed by atoms with Crippen LogP contribution in [0.5, 0.6) is 5.75 Å². The lowest BCUT2D eigenvalue weighted by Gasteiger charge is -2.27. The fourth-order valence-electron chi connectivity index (χ4n) is 4.07. The highest BCUT2D eigenvalue weighted by atomic mass is 19.2. The number of anilines is 1. The molecule has 1 aromatic rings. The van der Waals surface area contributed by atoms with Crippen molar-refractivity contribution < 1.29 is 13.5 Å². The largest absolute Gasteiger partial charge is 0.491 e. The Kier molecular flexibility index (Phi) is 3.35. The van der Waals surface area contributed by atoms with Crippen LogP contribution in [-0.2, 0) is 0 Å². The number of hydrogen-bond donors (Lipinski definition) is 0. The van der Waals surface area contributed by atoms with Crippen molar-refractivity contribution in [3.63, 3.8) is 0 Å². The summed E-state index contributed by atoms with van der Waals surface area (Å²) in [5.74, 6) is -1.70. The first-order valence-electron chi connectivity index (χ1n) is 7.35. The highest BCUT2D eigenvalue weighted by molar-refractivity contribution is 5.61. The summed E-state index contributed by atoms with van der Waals surface area (Å²) >= 11 is 0. The van der Waals surface area contributed by atoms with Gasteiger partial charge in [-0.2, -0.15) is 4.39 Å². The van der Waals surface area contributed by atoms with Gasteiger partial charge < -0.3 is 9.64 Å². The minimum absolute atomic E-state index is 0.0342. The number of hydrogen-bond acceptors (Lipinski definition) is 2. The smallest absolute Gasteiger partial charge is 0.202 e. The molecule has 110 valence electrons. The second-order valence-electron chi connectivity index (χ2n) is 6.30. The molecule has 20 heavy (non-hydrogen) atoms. The standard InChI is InChI=1S/C16H21F2NO/c1-11-9-16(7-3-4-8-16)10-19(11)13-6-5-12(17)14(18)15(13)20-2/h5-6,11H,3-4,7-10H2,1-2H3. The molecule has 4 heteroatoms. The number of nitrogens with zero attached hydrogens (tertiary/aromatic N) is 1. The van der Waals surface area contributed by atoms with Gasteiger partial charge in [0.05, 0.1) is 12.8 Å². The van der Waals surface area contributed by atoms with Gasteiger partial charge in [-0.05, 0) is 43.7 Å². The van der Waals surface area contributed by atoms with E-state index in [1.165, 1.54) is 38.9 Å². The lowest BCUT2D eigenvalue weighted by Crippen LogP contribution is -2.29. The van der Waals surface area contributed by atoms with Crippen molar-refractivity contribution in [2.24, 2.45) is 5.41 Å². The van der Waals surface area contributed by atoms with E-state index >= 15 is 0 Å². The Morgan fingerprint density at radius 3 is 2.60 bits per heavy atom. The molecule has 1 aliphatic heterocycles. The van der Waals surface area contributed by atoms with Crippen LogP contribution in [0.25, 0.3) is 0 Å². The maximum Gasteiger partial charge on any atom is 0.202 e. The van der Waals surface area contributed by atoms with Crippen LogP contribution in [0.15, 0.2) is 12.1 Å². The third-order valence-corrected chi connectivity index (χ3v) is 4.97. The summed E-state index contributed by atoms with van der Waals surface area (Å²) in [6, 6.07) is 3.17. The Morgan fingerprint density at radius 2 is 1.95 bits per heavy atom. The molecule has 1 unspecified atom stereocenters. The minimum atomic E-state index is -0.885. The highest BCUT2D eigenvalue weighted by Gasteiger charge is 2.44. The van der Waals surface area contributed by atoms with E-state index in [0.717, 1.165) is 13.0 Å². The molecular weight excluding hydrogens is 260 g/mol. The fourth-order valence-corrected chi connectivity index (χ4v) is 4.07. The predicted octanol–water partition coefficient (Wildman–Crippen LogP) is 4.13. The van der Waals surface area contributed by atoms with Crippen molar-refractivity contribution in [1.29, 1.82) is 0 Å². The molecule has 2 nitrogen and oxygen atoms in total. The summed E-state index contributed by atoms with van der Waals surface area (Å²) < 4.78 is 32.3. The zero-order chi connectivity index (χ0) is 14.3. The molecular formula is C16H21F2NO. The van der Waals surface area contributed by atoms with Crippen molar-refractivity contribution in [3.05, 3.63) is 23.8 Å². The Hall–Kier alpha value is -1.32. The maximum absolute atomic E-state index is 13.9.